The molecule has 3 aromatic carbocycles. The van der Waals surface area contributed by atoms with E-state index in [1.54, 1.807) is 4.57 Å². The van der Waals surface area contributed by atoms with Crippen LogP contribution in [0, 0.1) is 11.2 Å². The van der Waals surface area contributed by atoms with Crippen molar-refractivity contribution in [3.05, 3.63) is 101 Å². The molecule has 0 unspecified atom stereocenters. The molecule has 4 nitrogen and oxygen atoms in total. The van der Waals surface area contributed by atoms with Crippen LogP contribution in [-0.2, 0) is 13.1 Å². The fourth-order valence-electron chi connectivity index (χ4n) is 3.25. The van der Waals surface area contributed by atoms with Gasteiger partial charge in [0.05, 0.1) is 24.1 Å². The van der Waals surface area contributed by atoms with Crippen LogP contribution in [-0.4, -0.2) is 14.9 Å². The van der Waals surface area contributed by atoms with Crippen LogP contribution in [0.15, 0.2) is 78.9 Å². The number of rotatable bonds is 5. The summed E-state index contributed by atoms with van der Waals surface area (Å²) in [6.45, 7) is 0.588. The summed E-state index contributed by atoms with van der Waals surface area (Å²) in [5.74, 6) is -0.532. The minimum Gasteiger partial charge on any atom is -0.306 e. The van der Waals surface area contributed by atoms with Crippen LogP contribution in [0.5, 0.6) is 0 Å². The first-order chi connectivity index (χ1) is 13.1. The summed E-state index contributed by atoms with van der Waals surface area (Å²) < 4.78 is 16.7. The van der Waals surface area contributed by atoms with E-state index < -0.39 is 0 Å². The predicted molar refractivity (Wildman–Crippen MR) is 112 cm³/mol. The lowest BCUT2D eigenvalue weighted by Gasteiger charge is -2.05. The van der Waals surface area contributed by atoms with Gasteiger partial charge in [0, 0.05) is 5.56 Å². The van der Waals surface area contributed by atoms with Gasteiger partial charge in [0.25, 0.3) is 0 Å². The Morgan fingerprint density at radius 2 is 1.39 bits per heavy atom. The largest absolute Gasteiger partial charge is 0.306 e. The third-order valence-corrected chi connectivity index (χ3v) is 4.63. The number of fused-ring (bicyclic) bond motifs is 1. The standard InChI is InChI=1S/C22H18FN3O.BrH/c23-18-12-10-17(11-13-18)21(27)15-26-20-9-5-4-8-19(20)25(22(26)24)14-16-6-2-1-3-7-16;/h1-13,24H,14-15H2;1H. The molecule has 1 N–H and O–H groups in total. The highest BCUT2D eigenvalue weighted by Gasteiger charge is 2.14. The lowest BCUT2D eigenvalue weighted by Crippen LogP contribution is -2.27. The minimum absolute atomic E-state index is 0. The summed E-state index contributed by atoms with van der Waals surface area (Å²) in [5.41, 5.74) is 3.51. The zero-order valence-corrected chi connectivity index (χ0v) is 16.7. The van der Waals surface area contributed by atoms with Crippen LogP contribution in [0.25, 0.3) is 11.0 Å². The van der Waals surface area contributed by atoms with E-state index in [0.29, 0.717) is 12.1 Å². The van der Waals surface area contributed by atoms with Gasteiger partial charge >= 0.3 is 0 Å². The molecule has 4 aromatic rings. The van der Waals surface area contributed by atoms with Gasteiger partial charge in [0.15, 0.2) is 5.78 Å². The molecular formula is C22H19BrFN3O. The van der Waals surface area contributed by atoms with Gasteiger partial charge in [-0.2, -0.15) is 0 Å². The van der Waals surface area contributed by atoms with Crippen molar-refractivity contribution in [3.8, 4) is 0 Å². The molecule has 0 fully saturated rings. The molecule has 1 heterocycles. The number of halogens is 2. The van der Waals surface area contributed by atoms with Crippen molar-refractivity contribution in [3.63, 3.8) is 0 Å². The number of carbonyl (C=O) groups excluding carboxylic acids is 1. The maximum absolute atomic E-state index is 13.1. The second-order valence-corrected chi connectivity index (χ2v) is 6.40. The van der Waals surface area contributed by atoms with Gasteiger partial charge < -0.3 is 9.13 Å². The van der Waals surface area contributed by atoms with Gasteiger partial charge in [-0.25, -0.2) is 4.39 Å². The molecule has 0 aliphatic heterocycles. The van der Waals surface area contributed by atoms with E-state index in [0.717, 1.165) is 16.6 Å². The molecular weight excluding hydrogens is 421 g/mol. The Morgan fingerprint density at radius 1 is 0.821 bits per heavy atom. The number of imidazole rings is 1. The number of nitrogens with one attached hydrogen (secondary N) is 1. The number of Topliss-reactive ketones (excluding diaryl/α,β-unsaturated/α-hetero) is 1. The number of aromatic nitrogens is 2. The first kappa shape index (κ1) is 19.8. The van der Waals surface area contributed by atoms with Crippen molar-refractivity contribution in [1.29, 1.82) is 5.41 Å². The molecule has 0 atom stereocenters. The van der Waals surface area contributed by atoms with Crippen LogP contribution in [0.3, 0.4) is 0 Å². The second kappa shape index (κ2) is 8.35. The molecule has 0 radical (unpaired) electrons. The Labute approximate surface area is 172 Å². The summed E-state index contributed by atoms with van der Waals surface area (Å²) in [6.07, 6.45) is 0. The Morgan fingerprint density at radius 3 is 2.04 bits per heavy atom. The summed E-state index contributed by atoms with van der Waals surface area (Å²) in [6, 6.07) is 23.1. The molecule has 4 rings (SSSR count). The highest BCUT2D eigenvalue weighted by molar-refractivity contribution is 8.93. The third-order valence-electron chi connectivity index (χ3n) is 4.63. The number of ketones is 1. The van der Waals surface area contributed by atoms with E-state index in [4.69, 9.17) is 5.41 Å². The molecule has 0 bridgehead atoms. The number of benzene rings is 3. The zero-order valence-electron chi connectivity index (χ0n) is 15.0. The molecule has 142 valence electrons. The van der Waals surface area contributed by atoms with Crippen LogP contribution in [0.1, 0.15) is 15.9 Å². The van der Waals surface area contributed by atoms with Gasteiger partial charge in [-0.1, -0.05) is 42.5 Å². The van der Waals surface area contributed by atoms with E-state index in [2.05, 4.69) is 0 Å². The number of hydrogen-bond donors (Lipinski definition) is 1. The summed E-state index contributed by atoms with van der Waals surface area (Å²) in [5, 5.41) is 8.63. The molecule has 28 heavy (non-hydrogen) atoms. The Kier molecular flexibility index (Phi) is 5.90. The van der Waals surface area contributed by atoms with Crippen molar-refractivity contribution < 1.29 is 9.18 Å². The lowest BCUT2D eigenvalue weighted by molar-refractivity contribution is 0.0971. The molecule has 0 aliphatic carbocycles. The van der Waals surface area contributed by atoms with E-state index in [-0.39, 0.29) is 40.7 Å². The molecule has 0 saturated carbocycles. The van der Waals surface area contributed by atoms with Crippen LogP contribution < -0.4 is 5.62 Å². The highest BCUT2D eigenvalue weighted by atomic mass is 79.9. The SMILES string of the molecule is Br.N=c1n(CC(=O)c2ccc(F)cc2)c2ccccc2n1Cc1ccccc1. The van der Waals surface area contributed by atoms with E-state index in [9.17, 15) is 9.18 Å². The maximum Gasteiger partial charge on any atom is 0.203 e. The number of para-hydroxylation sites is 2. The first-order valence-corrected chi connectivity index (χ1v) is 8.69. The van der Waals surface area contributed by atoms with Crippen LogP contribution in [0.2, 0.25) is 0 Å². The van der Waals surface area contributed by atoms with Crippen molar-refractivity contribution in [2.75, 3.05) is 0 Å². The van der Waals surface area contributed by atoms with Gasteiger partial charge in [-0.3, -0.25) is 10.2 Å². The normalized spacial score (nSPS) is 10.6. The number of nitrogens with zero attached hydrogens (tertiary/aromatic N) is 2. The third kappa shape index (κ3) is 3.82. The molecule has 0 saturated heterocycles. The predicted octanol–water partition coefficient (Wildman–Crippen LogP) is 4.57. The van der Waals surface area contributed by atoms with E-state index >= 15 is 0 Å². The van der Waals surface area contributed by atoms with Gasteiger partial charge in [0.1, 0.15) is 5.82 Å². The zero-order chi connectivity index (χ0) is 18.8. The van der Waals surface area contributed by atoms with Crippen LogP contribution in [0.4, 0.5) is 4.39 Å². The molecule has 0 aliphatic rings. The minimum atomic E-state index is -0.375. The summed E-state index contributed by atoms with van der Waals surface area (Å²) >= 11 is 0. The Balaban J connectivity index is 0.00000225. The van der Waals surface area contributed by atoms with E-state index in [1.807, 2.05) is 59.2 Å². The van der Waals surface area contributed by atoms with Gasteiger partial charge in [-0.15, -0.1) is 17.0 Å². The van der Waals surface area contributed by atoms with Crippen molar-refractivity contribution in [2.24, 2.45) is 0 Å². The maximum atomic E-state index is 13.1. The van der Waals surface area contributed by atoms with Crippen molar-refractivity contribution in [2.45, 2.75) is 13.1 Å². The second-order valence-electron chi connectivity index (χ2n) is 6.40. The highest BCUT2D eigenvalue weighted by Crippen LogP contribution is 2.15. The average molecular weight is 440 g/mol. The Bertz CT molecular complexity index is 1160. The molecule has 0 amide bonds. The number of hydrogen-bond acceptors (Lipinski definition) is 2. The Hall–Kier alpha value is -2.99. The topological polar surface area (TPSA) is 50.8 Å². The van der Waals surface area contributed by atoms with Crippen molar-refractivity contribution in [1.82, 2.24) is 9.13 Å². The first-order valence-electron chi connectivity index (χ1n) is 8.69. The lowest BCUT2D eigenvalue weighted by atomic mass is 10.1. The average Bonchev–Trinajstić information content (AvgIpc) is 2.95. The monoisotopic (exact) mass is 439 g/mol. The summed E-state index contributed by atoms with van der Waals surface area (Å²) in [7, 11) is 0. The fraction of sp³-hybridized carbons (Fsp3) is 0.0909. The van der Waals surface area contributed by atoms with Gasteiger partial charge in [0.2, 0.25) is 5.62 Å². The van der Waals surface area contributed by atoms with Crippen molar-refractivity contribution >= 4 is 33.8 Å². The molecule has 1 aromatic heterocycles. The molecule has 0 spiro atoms. The quantitative estimate of drug-likeness (QED) is 0.454. The smallest absolute Gasteiger partial charge is 0.203 e. The fourth-order valence-corrected chi connectivity index (χ4v) is 3.25. The summed E-state index contributed by atoms with van der Waals surface area (Å²) in [4.78, 5) is 12.7. The molecule has 6 heteroatoms. The number of carbonyl (C=O) groups is 1. The van der Waals surface area contributed by atoms with Crippen LogP contribution >= 0.6 is 17.0 Å². The van der Waals surface area contributed by atoms with E-state index in [1.165, 1.54) is 24.3 Å². The van der Waals surface area contributed by atoms with Gasteiger partial charge in [-0.05, 0) is 42.0 Å².